The first-order valence-electron chi connectivity index (χ1n) is 4.09. The summed E-state index contributed by atoms with van der Waals surface area (Å²) >= 11 is 0. The van der Waals surface area contributed by atoms with Crippen molar-refractivity contribution < 1.29 is 8.42 Å². The second-order valence-corrected chi connectivity index (χ2v) is 5.27. The van der Waals surface area contributed by atoms with Gasteiger partial charge in [0.2, 0.25) is 0 Å². The highest BCUT2D eigenvalue weighted by molar-refractivity contribution is 7.88. The third kappa shape index (κ3) is 2.08. The van der Waals surface area contributed by atoms with Crippen molar-refractivity contribution in [3.63, 3.8) is 0 Å². The zero-order valence-electron chi connectivity index (χ0n) is 8.64. The lowest BCUT2D eigenvalue weighted by molar-refractivity contribution is 0.510. The molecular weight excluding hydrogens is 202 g/mol. The molecule has 5 nitrogen and oxygen atoms in total. The van der Waals surface area contributed by atoms with E-state index in [2.05, 4.69) is 9.97 Å². The summed E-state index contributed by atoms with van der Waals surface area (Å²) in [7, 11) is -0.601. The van der Waals surface area contributed by atoms with E-state index < -0.39 is 10.0 Å². The maximum atomic E-state index is 11.6. The third-order valence-corrected chi connectivity index (χ3v) is 3.28. The predicted molar refractivity (Wildman–Crippen MR) is 52.4 cm³/mol. The first kappa shape index (κ1) is 11.1. The number of hydrogen-bond donors (Lipinski definition) is 0. The molecule has 1 aromatic rings. The Kier molecular flexibility index (Phi) is 2.86. The van der Waals surface area contributed by atoms with Crippen LogP contribution in [0, 0.1) is 13.8 Å². The molecule has 0 aliphatic rings. The van der Waals surface area contributed by atoms with Crippen LogP contribution in [-0.2, 0) is 10.0 Å². The number of sulfonamides is 1. The number of aryl methyl sites for hydroxylation is 2. The lowest BCUT2D eigenvalue weighted by Crippen LogP contribution is -2.24. The van der Waals surface area contributed by atoms with E-state index in [1.165, 1.54) is 14.1 Å². The lowest BCUT2D eigenvalue weighted by Gasteiger charge is -2.10. The van der Waals surface area contributed by atoms with Crippen molar-refractivity contribution in [3.05, 3.63) is 17.5 Å². The number of hydrogen-bond acceptors (Lipinski definition) is 4. The van der Waals surface area contributed by atoms with Gasteiger partial charge in [-0.3, -0.25) is 0 Å². The third-order valence-electron chi connectivity index (χ3n) is 1.67. The van der Waals surface area contributed by atoms with Gasteiger partial charge in [-0.15, -0.1) is 0 Å². The standard InChI is InChI=1S/C8H13N3O2S/c1-6-5-7(2)10-8(9-6)14(12,13)11(3)4/h5H,1-4H3. The largest absolute Gasteiger partial charge is 0.278 e. The van der Waals surface area contributed by atoms with Crippen LogP contribution in [-0.4, -0.2) is 36.8 Å². The first-order valence-corrected chi connectivity index (χ1v) is 5.53. The van der Waals surface area contributed by atoms with Crippen molar-refractivity contribution >= 4 is 10.0 Å². The van der Waals surface area contributed by atoms with Crippen LogP contribution in [0.3, 0.4) is 0 Å². The lowest BCUT2D eigenvalue weighted by atomic mass is 10.4. The fourth-order valence-corrected chi connectivity index (χ4v) is 1.82. The van der Waals surface area contributed by atoms with Gasteiger partial charge in [0.1, 0.15) is 0 Å². The molecule has 0 N–H and O–H groups in total. The van der Waals surface area contributed by atoms with Gasteiger partial charge < -0.3 is 0 Å². The van der Waals surface area contributed by atoms with Gasteiger partial charge in [0, 0.05) is 25.5 Å². The highest BCUT2D eigenvalue weighted by Gasteiger charge is 2.20. The van der Waals surface area contributed by atoms with Crippen molar-refractivity contribution in [2.24, 2.45) is 0 Å². The highest BCUT2D eigenvalue weighted by Crippen LogP contribution is 2.08. The van der Waals surface area contributed by atoms with E-state index in [9.17, 15) is 8.42 Å². The van der Waals surface area contributed by atoms with Crippen LogP contribution < -0.4 is 0 Å². The average molecular weight is 215 g/mol. The van der Waals surface area contributed by atoms with Gasteiger partial charge in [-0.25, -0.2) is 22.7 Å². The minimum atomic E-state index is -3.51. The van der Waals surface area contributed by atoms with Crippen molar-refractivity contribution in [1.82, 2.24) is 14.3 Å². The minimum absolute atomic E-state index is 0.139. The molecular formula is C8H13N3O2S. The van der Waals surface area contributed by atoms with Gasteiger partial charge in [0.25, 0.3) is 15.2 Å². The maximum Gasteiger partial charge on any atom is 0.278 e. The summed E-state index contributed by atoms with van der Waals surface area (Å²) in [4.78, 5) is 7.77. The van der Waals surface area contributed by atoms with E-state index in [1.54, 1.807) is 19.9 Å². The summed E-state index contributed by atoms with van der Waals surface area (Å²) in [5, 5.41) is -0.139. The SMILES string of the molecule is Cc1cc(C)nc(S(=O)(=O)N(C)C)n1. The molecule has 0 aromatic carbocycles. The molecule has 6 heteroatoms. The van der Waals surface area contributed by atoms with E-state index in [0.29, 0.717) is 11.4 Å². The van der Waals surface area contributed by atoms with Crippen LogP contribution in [0.25, 0.3) is 0 Å². The molecule has 0 saturated heterocycles. The summed E-state index contributed by atoms with van der Waals surface area (Å²) in [5.41, 5.74) is 1.30. The number of rotatable bonds is 2. The molecule has 1 rings (SSSR count). The van der Waals surface area contributed by atoms with E-state index in [-0.39, 0.29) is 5.16 Å². The van der Waals surface area contributed by atoms with E-state index in [1.807, 2.05) is 0 Å². The second kappa shape index (κ2) is 3.62. The number of aromatic nitrogens is 2. The molecule has 1 aromatic heterocycles. The maximum absolute atomic E-state index is 11.6. The van der Waals surface area contributed by atoms with Gasteiger partial charge in [-0.05, 0) is 19.9 Å². The topological polar surface area (TPSA) is 63.2 Å². The van der Waals surface area contributed by atoms with Crippen molar-refractivity contribution in [2.75, 3.05) is 14.1 Å². The number of nitrogens with zero attached hydrogens (tertiary/aromatic N) is 3. The molecule has 1 heterocycles. The summed E-state index contributed by atoms with van der Waals surface area (Å²) in [6.07, 6.45) is 0. The highest BCUT2D eigenvalue weighted by atomic mass is 32.2. The van der Waals surface area contributed by atoms with Crippen LogP contribution in [0.4, 0.5) is 0 Å². The van der Waals surface area contributed by atoms with Crippen molar-refractivity contribution in [1.29, 1.82) is 0 Å². The Hall–Kier alpha value is -1.01. The molecule has 0 aliphatic heterocycles. The van der Waals surface area contributed by atoms with Gasteiger partial charge >= 0.3 is 0 Å². The van der Waals surface area contributed by atoms with E-state index in [0.717, 1.165) is 4.31 Å². The summed E-state index contributed by atoms with van der Waals surface area (Å²) < 4.78 is 24.4. The quantitative estimate of drug-likeness (QED) is 0.667. The Morgan fingerprint density at radius 2 is 1.57 bits per heavy atom. The molecule has 0 saturated carbocycles. The average Bonchev–Trinajstić information content (AvgIpc) is 2.01. The van der Waals surface area contributed by atoms with Crippen LogP contribution in [0.5, 0.6) is 0 Å². The molecule has 0 aliphatic carbocycles. The normalized spacial score (nSPS) is 12.1. The molecule has 0 fully saturated rings. The molecule has 78 valence electrons. The van der Waals surface area contributed by atoms with Gasteiger partial charge in [-0.1, -0.05) is 0 Å². The fourth-order valence-electron chi connectivity index (χ4n) is 0.972. The molecule has 0 amide bonds. The molecule has 14 heavy (non-hydrogen) atoms. The van der Waals surface area contributed by atoms with Crippen LogP contribution in [0.15, 0.2) is 11.2 Å². The summed E-state index contributed by atoms with van der Waals surface area (Å²) in [5.74, 6) is 0. The van der Waals surface area contributed by atoms with Gasteiger partial charge in [-0.2, -0.15) is 0 Å². The fraction of sp³-hybridized carbons (Fsp3) is 0.500. The Morgan fingerprint density at radius 3 is 1.93 bits per heavy atom. The van der Waals surface area contributed by atoms with Crippen molar-refractivity contribution in [3.8, 4) is 0 Å². The van der Waals surface area contributed by atoms with E-state index in [4.69, 9.17) is 0 Å². The van der Waals surface area contributed by atoms with Gasteiger partial charge in [0.05, 0.1) is 0 Å². The Morgan fingerprint density at radius 1 is 1.14 bits per heavy atom. The molecule has 0 unspecified atom stereocenters. The first-order chi connectivity index (χ1) is 6.34. The smallest absolute Gasteiger partial charge is 0.222 e. The molecule has 0 radical (unpaired) electrons. The molecule has 0 atom stereocenters. The predicted octanol–water partition coefficient (Wildman–Crippen LogP) is 0.344. The van der Waals surface area contributed by atoms with Crippen LogP contribution >= 0.6 is 0 Å². The zero-order chi connectivity index (χ0) is 10.9. The Bertz CT molecular complexity index is 420. The van der Waals surface area contributed by atoms with Crippen LogP contribution in [0.1, 0.15) is 11.4 Å². The summed E-state index contributed by atoms with van der Waals surface area (Å²) in [6.45, 7) is 3.48. The van der Waals surface area contributed by atoms with E-state index >= 15 is 0 Å². The van der Waals surface area contributed by atoms with Gasteiger partial charge in [0.15, 0.2) is 0 Å². The monoisotopic (exact) mass is 215 g/mol. The molecule has 0 bridgehead atoms. The summed E-state index contributed by atoms with van der Waals surface area (Å²) in [6, 6.07) is 1.73. The second-order valence-electron chi connectivity index (χ2n) is 3.22. The molecule has 0 spiro atoms. The van der Waals surface area contributed by atoms with Crippen LogP contribution in [0.2, 0.25) is 0 Å². The Balaban J connectivity index is 3.34. The van der Waals surface area contributed by atoms with Crippen molar-refractivity contribution in [2.45, 2.75) is 19.0 Å². The Labute approximate surface area is 83.9 Å². The minimum Gasteiger partial charge on any atom is -0.222 e. The zero-order valence-corrected chi connectivity index (χ0v) is 9.46.